The minimum atomic E-state index is -0.645. The van der Waals surface area contributed by atoms with Crippen molar-refractivity contribution in [1.82, 2.24) is 4.98 Å². The van der Waals surface area contributed by atoms with E-state index in [2.05, 4.69) is 10.3 Å². The smallest absolute Gasteiger partial charge is 0.317 e. The number of anilines is 1. The standard InChI is InChI=1S/C8H13N3O2.C2H6.2H2/c1-8(2,3)6-10-5(4-13-6)11-7(9)12;1-2;;/h4H,1-3H3,(H3,9,11,12);1-2H3;2*1H. The van der Waals surface area contributed by atoms with Crippen LogP contribution >= 0.6 is 0 Å². The molecule has 15 heavy (non-hydrogen) atoms. The van der Waals surface area contributed by atoms with E-state index in [4.69, 9.17) is 10.2 Å². The minimum absolute atomic E-state index is 0. The van der Waals surface area contributed by atoms with Gasteiger partial charge in [0, 0.05) is 8.27 Å². The van der Waals surface area contributed by atoms with Crippen LogP contribution in [0.3, 0.4) is 0 Å². The molecule has 1 aromatic heterocycles. The molecule has 0 bridgehead atoms. The molecule has 0 aromatic carbocycles. The molecule has 0 saturated heterocycles. The van der Waals surface area contributed by atoms with Crippen molar-refractivity contribution < 1.29 is 12.1 Å². The number of carbonyl (C=O) groups is 1. The summed E-state index contributed by atoms with van der Waals surface area (Å²) < 4.78 is 5.15. The van der Waals surface area contributed by atoms with Gasteiger partial charge in [-0.2, -0.15) is 4.98 Å². The van der Waals surface area contributed by atoms with Crippen LogP contribution < -0.4 is 11.1 Å². The molecule has 3 N–H and O–H groups in total. The summed E-state index contributed by atoms with van der Waals surface area (Å²) in [6, 6.07) is -0.645. The van der Waals surface area contributed by atoms with Crippen LogP contribution in [0.1, 0.15) is 43.4 Å². The van der Waals surface area contributed by atoms with E-state index >= 15 is 0 Å². The quantitative estimate of drug-likeness (QED) is 0.758. The van der Waals surface area contributed by atoms with Gasteiger partial charge in [-0.05, 0) is 0 Å². The second-order valence-corrected chi connectivity index (χ2v) is 3.78. The van der Waals surface area contributed by atoms with Gasteiger partial charge in [-0.3, -0.25) is 5.32 Å². The van der Waals surface area contributed by atoms with Crippen molar-refractivity contribution in [1.29, 1.82) is 0 Å². The minimum Gasteiger partial charge on any atom is -0.446 e. The van der Waals surface area contributed by atoms with Crippen molar-refractivity contribution in [2.45, 2.75) is 40.0 Å². The van der Waals surface area contributed by atoms with Gasteiger partial charge in [0.2, 0.25) is 5.89 Å². The third-order valence-electron chi connectivity index (χ3n) is 1.40. The molecule has 0 fully saturated rings. The van der Waals surface area contributed by atoms with Gasteiger partial charge in [0.1, 0.15) is 6.26 Å². The lowest BCUT2D eigenvalue weighted by molar-refractivity contribution is 0.259. The molecular formula is C10H23N3O2. The summed E-state index contributed by atoms with van der Waals surface area (Å²) in [6.45, 7) is 9.90. The van der Waals surface area contributed by atoms with Crippen molar-refractivity contribution in [3.05, 3.63) is 12.2 Å². The molecule has 0 aliphatic rings. The number of hydrogen-bond acceptors (Lipinski definition) is 3. The Morgan fingerprint density at radius 3 is 2.40 bits per heavy atom. The van der Waals surface area contributed by atoms with Crippen molar-refractivity contribution in [2.75, 3.05) is 5.32 Å². The Labute approximate surface area is 93.0 Å². The zero-order valence-electron chi connectivity index (χ0n) is 9.92. The van der Waals surface area contributed by atoms with Crippen LogP contribution in [-0.4, -0.2) is 11.0 Å². The van der Waals surface area contributed by atoms with Crippen molar-refractivity contribution in [3.63, 3.8) is 0 Å². The maximum atomic E-state index is 10.5. The molecule has 0 unspecified atom stereocenters. The van der Waals surface area contributed by atoms with Gasteiger partial charge in [-0.1, -0.05) is 34.6 Å². The normalized spacial score (nSPS) is 10.2. The van der Waals surface area contributed by atoms with E-state index in [0.717, 1.165) is 0 Å². The molecule has 1 rings (SSSR count). The Bertz CT molecular complexity index is 322. The number of rotatable bonds is 1. The number of amides is 2. The number of oxazole rings is 1. The summed E-state index contributed by atoms with van der Waals surface area (Å²) in [7, 11) is 0. The number of nitrogens with two attached hydrogens (primary N) is 1. The number of nitrogens with zero attached hydrogens (tertiary/aromatic N) is 1. The molecule has 1 aromatic rings. The second-order valence-electron chi connectivity index (χ2n) is 3.78. The summed E-state index contributed by atoms with van der Waals surface area (Å²) in [6.07, 6.45) is 1.37. The van der Waals surface area contributed by atoms with Crippen LogP contribution in [0.5, 0.6) is 0 Å². The van der Waals surface area contributed by atoms with Gasteiger partial charge in [0.15, 0.2) is 5.82 Å². The molecular weight excluding hydrogens is 194 g/mol. The molecule has 5 nitrogen and oxygen atoms in total. The van der Waals surface area contributed by atoms with Gasteiger partial charge in [0.05, 0.1) is 0 Å². The van der Waals surface area contributed by atoms with E-state index in [1.54, 1.807) is 0 Å². The van der Waals surface area contributed by atoms with Crippen molar-refractivity contribution in [2.24, 2.45) is 5.73 Å². The first kappa shape index (κ1) is 13.5. The largest absolute Gasteiger partial charge is 0.446 e. The van der Waals surface area contributed by atoms with Gasteiger partial charge in [0.25, 0.3) is 0 Å². The van der Waals surface area contributed by atoms with E-state index in [-0.39, 0.29) is 8.27 Å². The average molecular weight is 217 g/mol. The Morgan fingerprint density at radius 2 is 2.07 bits per heavy atom. The van der Waals surface area contributed by atoms with Crippen molar-refractivity contribution in [3.8, 4) is 0 Å². The zero-order valence-corrected chi connectivity index (χ0v) is 9.92. The number of carbonyl (C=O) groups excluding carboxylic acids is 1. The van der Waals surface area contributed by atoms with Crippen LogP contribution in [0.4, 0.5) is 10.6 Å². The maximum absolute atomic E-state index is 10.5. The predicted molar refractivity (Wildman–Crippen MR) is 64.0 cm³/mol. The van der Waals surface area contributed by atoms with Gasteiger partial charge in [-0.25, -0.2) is 4.79 Å². The van der Waals surface area contributed by atoms with Crippen LogP contribution in [0.2, 0.25) is 0 Å². The van der Waals surface area contributed by atoms with E-state index in [0.29, 0.717) is 11.7 Å². The third-order valence-corrected chi connectivity index (χ3v) is 1.40. The molecule has 0 saturated carbocycles. The summed E-state index contributed by atoms with van der Waals surface area (Å²) in [5.41, 5.74) is 4.74. The highest BCUT2D eigenvalue weighted by Gasteiger charge is 2.20. The van der Waals surface area contributed by atoms with Crippen LogP contribution in [0.25, 0.3) is 0 Å². The number of nitrogens with one attached hydrogen (secondary N) is 1. The molecule has 0 radical (unpaired) electrons. The topological polar surface area (TPSA) is 81.1 Å². The molecule has 2 amide bonds. The van der Waals surface area contributed by atoms with E-state index in [9.17, 15) is 4.79 Å². The van der Waals surface area contributed by atoms with Gasteiger partial charge < -0.3 is 10.2 Å². The zero-order chi connectivity index (χ0) is 12.1. The number of primary amides is 1. The van der Waals surface area contributed by atoms with E-state index in [1.807, 2.05) is 34.6 Å². The predicted octanol–water partition coefficient (Wildman–Crippen LogP) is 2.98. The lowest BCUT2D eigenvalue weighted by atomic mass is 9.97. The Kier molecular flexibility index (Phi) is 4.84. The number of aromatic nitrogens is 1. The summed E-state index contributed by atoms with van der Waals surface area (Å²) in [4.78, 5) is 14.5. The average Bonchev–Trinajstić information content (AvgIpc) is 2.54. The molecule has 0 atom stereocenters. The molecule has 1 heterocycles. The van der Waals surface area contributed by atoms with Crippen LogP contribution in [0.15, 0.2) is 10.7 Å². The fraction of sp³-hybridized carbons (Fsp3) is 0.600. The second kappa shape index (κ2) is 5.38. The Balaban J connectivity index is -0.000000464. The first-order chi connectivity index (χ1) is 6.89. The van der Waals surface area contributed by atoms with E-state index < -0.39 is 6.03 Å². The number of urea groups is 1. The van der Waals surface area contributed by atoms with Crippen LogP contribution in [0, 0.1) is 0 Å². The van der Waals surface area contributed by atoms with Gasteiger partial charge >= 0.3 is 6.03 Å². The summed E-state index contributed by atoms with van der Waals surface area (Å²) in [5.74, 6) is 0.911. The van der Waals surface area contributed by atoms with Crippen LogP contribution in [-0.2, 0) is 5.41 Å². The third kappa shape index (κ3) is 4.49. The molecule has 0 aliphatic heterocycles. The first-order valence-electron chi connectivity index (χ1n) is 4.92. The maximum Gasteiger partial charge on any atom is 0.317 e. The lowest BCUT2D eigenvalue weighted by Crippen LogP contribution is -2.20. The lowest BCUT2D eigenvalue weighted by Gasteiger charge is -2.11. The fourth-order valence-electron chi connectivity index (χ4n) is 0.802. The molecule has 90 valence electrons. The molecule has 0 aliphatic carbocycles. The van der Waals surface area contributed by atoms with E-state index in [1.165, 1.54) is 6.26 Å². The van der Waals surface area contributed by atoms with Gasteiger partial charge in [-0.15, -0.1) is 0 Å². The highest BCUT2D eigenvalue weighted by molar-refractivity contribution is 5.86. The Hall–Kier alpha value is -1.52. The Morgan fingerprint density at radius 1 is 1.53 bits per heavy atom. The molecule has 0 spiro atoms. The highest BCUT2D eigenvalue weighted by Crippen LogP contribution is 2.22. The summed E-state index contributed by atoms with van der Waals surface area (Å²) in [5, 5.41) is 2.33. The number of hydrogen-bond donors (Lipinski definition) is 2. The fourth-order valence-corrected chi connectivity index (χ4v) is 0.802. The van der Waals surface area contributed by atoms with Crippen molar-refractivity contribution >= 4 is 11.8 Å². The first-order valence-corrected chi connectivity index (χ1v) is 4.92. The SMILES string of the molecule is CC.CC(C)(C)c1nc(NC(N)=O)co1.[HH].[HH]. The molecule has 5 heteroatoms. The summed E-state index contributed by atoms with van der Waals surface area (Å²) >= 11 is 0. The monoisotopic (exact) mass is 217 g/mol. The highest BCUT2D eigenvalue weighted by atomic mass is 16.3.